The Hall–Kier alpha value is -0.510. The van der Waals surface area contributed by atoms with Crippen molar-refractivity contribution in [2.24, 2.45) is 0 Å². The summed E-state index contributed by atoms with van der Waals surface area (Å²) in [6.45, 7) is 3.38. The van der Waals surface area contributed by atoms with Gasteiger partial charge in [-0.1, -0.05) is 11.8 Å². The van der Waals surface area contributed by atoms with Crippen LogP contribution in [0.2, 0.25) is 0 Å². The predicted octanol–water partition coefficient (Wildman–Crippen LogP) is 2.35. The molecule has 1 aromatic heterocycles. The smallest absolute Gasteiger partial charge is 0.256 e. The molecule has 0 aliphatic rings. The number of rotatable bonds is 3. The average Bonchev–Trinajstić information content (AvgIpc) is 2.28. The average molecular weight is 175 g/mol. The number of hydrogen-bond acceptors (Lipinski definition) is 3. The molecule has 2 nitrogen and oxygen atoms in total. The highest BCUT2D eigenvalue weighted by molar-refractivity contribution is 7.99. The van der Waals surface area contributed by atoms with Crippen molar-refractivity contribution < 1.29 is 8.81 Å². The molecule has 0 aliphatic carbocycles. The third kappa shape index (κ3) is 2.22. The van der Waals surface area contributed by atoms with Gasteiger partial charge in [0.05, 0.1) is 12.4 Å². The Bertz CT molecular complexity index is 217. The first-order valence-corrected chi connectivity index (χ1v) is 4.35. The van der Waals surface area contributed by atoms with E-state index in [2.05, 4.69) is 4.98 Å². The normalized spacial score (nSPS) is 10.5. The lowest BCUT2D eigenvalue weighted by atomic mass is 10.4. The molecule has 0 saturated heterocycles. The number of oxazole rings is 1. The molecule has 0 spiro atoms. The second-order valence-corrected chi connectivity index (χ2v) is 3.20. The van der Waals surface area contributed by atoms with Crippen LogP contribution in [0.5, 0.6) is 0 Å². The van der Waals surface area contributed by atoms with E-state index in [-0.39, 0.29) is 6.67 Å². The fraction of sp³-hybridized carbons (Fsp3) is 0.571. The molecule has 62 valence electrons. The maximum Gasteiger partial charge on any atom is 0.256 e. The Labute approximate surface area is 69.2 Å². The second kappa shape index (κ2) is 3.76. The summed E-state index contributed by atoms with van der Waals surface area (Å²) in [5.74, 6) is 1.23. The van der Waals surface area contributed by atoms with Crippen LogP contribution < -0.4 is 0 Å². The second-order valence-electron chi connectivity index (χ2n) is 2.16. The number of aromatic nitrogens is 1. The van der Waals surface area contributed by atoms with Gasteiger partial charge in [0.2, 0.25) is 0 Å². The Morgan fingerprint density at radius 1 is 1.55 bits per heavy atom. The molecule has 0 aromatic carbocycles. The number of nitrogens with zero attached hydrogens (tertiary/aromatic N) is 1. The van der Waals surface area contributed by atoms with Gasteiger partial charge >= 0.3 is 0 Å². The van der Waals surface area contributed by atoms with Crippen LogP contribution in [0.3, 0.4) is 0 Å². The first-order chi connectivity index (χ1) is 5.24. The third-order valence-corrected chi connectivity index (χ3v) is 2.09. The van der Waals surface area contributed by atoms with Crippen LogP contribution in [0.15, 0.2) is 9.64 Å². The summed E-state index contributed by atoms with van der Waals surface area (Å²) in [4.78, 5) is 4.08. The van der Waals surface area contributed by atoms with Crippen LogP contribution in [0.4, 0.5) is 4.39 Å². The predicted molar refractivity (Wildman–Crippen MR) is 42.7 cm³/mol. The summed E-state index contributed by atoms with van der Waals surface area (Å²) in [5, 5.41) is 0.567. The molecule has 0 radical (unpaired) electrons. The SMILES string of the molecule is Cc1nc(SCCF)oc1C. The maximum absolute atomic E-state index is 11.7. The van der Waals surface area contributed by atoms with E-state index in [1.54, 1.807) is 0 Å². The van der Waals surface area contributed by atoms with Crippen LogP contribution in [-0.2, 0) is 0 Å². The monoisotopic (exact) mass is 175 g/mol. The van der Waals surface area contributed by atoms with E-state index >= 15 is 0 Å². The highest BCUT2D eigenvalue weighted by atomic mass is 32.2. The lowest BCUT2D eigenvalue weighted by molar-refractivity contribution is 0.430. The highest BCUT2D eigenvalue weighted by Gasteiger charge is 2.04. The summed E-state index contributed by atoms with van der Waals surface area (Å²) in [6.07, 6.45) is 0. The molecule has 0 saturated carbocycles. The topological polar surface area (TPSA) is 26.0 Å². The van der Waals surface area contributed by atoms with E-state index in [4.69, 9.17) is 4.42 Å². The molecular weight excluding hydrogens is 165 g/mol. The first kappa shape index (κ1) is 8.59. The van der Waals surface area contributed by atoms with E-state index in [1.807, 2.05) is 13.8 Å². The lowest BCUT2D eigenvalue weighted by Crippen LogP contribution is -1.79. The third-order valence-electron chi connectivity index (χ3n) is 1.31. The molecular formula is C7H10FNOS. The van der Waals surface area contributed by atoms with E-state index < -0.39 is 0 Å². The van der Waals surface area contributed by atoms with Crippen molar-refractivity contribution >= 4 is 11.8 Å². The molecule has 0 aliphatic heterocycles. The summed E-state index contributed by atoms with van der Waals surface area (Å²) in [7, 11) is 0. The first-order valence-electron chi connectivity index (χ1n) is 3.37. The Morgan fingerprint density at radius 2 is 2.27 bits per heavy atom. The molecule has 0 N–H and O–H groups in total. The van der Waals surface area contributed by atoms with Crippen LogP contribution in [0, 0.1) is 13.8 Å². The Kier molecular flexibility index (Phi) is 2.93. The van der Waals surface area contributed by atoms with Gasteiger partial charge in [0, 0.05) is 5.75 Å². The lowest BCUT2D eigenvalue weighted by Gasteiger charge is -1.87. The minimum absolute atomic E-state index is 0.342. The van der Waals surface area contributed by atoms with Crippen LogP contribution >= 0.6 is 11.8 Å². The number of halogens is 1. The van der Waals surface area contributed by atoms with Gasteiger partial charge in [0.15, 0.2) is 0 Å². The summed E-state index contributed by atoms with van der Waals surface area (Å²) >= 11 is 1.30. The van der Waals surface area contributed by atoms with Gasteiger partial charge in [0.25, 0.3) is 5.22 Å². The van der Waals surface area contributed by atoms with Crippen molar-refractivity contribution in [1.82, 2.24) is 4.98 Å². The summed E-state index contributed by atoms with van der Waals surface area (Å²) in [6, 6.07) is 0. The van der Waals surface area contributed by atoms with E-state index in [1.165, 1.54) is 11.8 Å². The van der Waals surface area contributed by atoms with Gasteiger partial charge in [0.1, 0.15) is 5.76 Å². The summed E-state index contributed by atoms with van der Waals surface area (Å²) < 4.78 is 16.9. The van der Waals surface area contributed by atoms with Gasteiger partial charge in [-0.25, -0.2) is 4.98 Å². The Morgan fingerprint density at radius 3 is 2.73 bits per heavy atom. The van der Waals surface area contributed by atoms with Gasteiger partial charge in [-0.3, -0.25) is 4.39 Å². The number of alkyl halides is 1. The molecule has 1 rings (SSSR count). The van der Waals surface area contributed by atoms with Gasteiger partial charge in [-0.2, -0.15) is 0 Å². The Balaban J connectivity index is 2.58. The molecule has 0 atom stereocenters. The largest absolute Gasteiger partial charge is 0.437 e. The van der Waals surface area contributed by atoms with Crippen molar-refractivity contribution in [3.63, 3.8) is 0 Å². The molecule has 0 fully saturated rings. The molecule has 0 bridgehead atoms. The van der Waals surface area contributed by atoms with Gasteiger partial charge in [-0.15, -0.1) is 0 Å². The molecule has 11 heavy (non-hydrogen) atoms. The number of aryl methyl sites for hydroxylation is 2. The fourth-order valence-corrected chi connectivity index (χ4v) is 1.27. The van der Waals surface area contributed by atoms with E-state index in [0.29, 0.717) is 11.0 Å². The number of thioether (sulfide) groups is 1. The van der Waals surface area contributed by atoms with E-state index in [0.717, 1.165) is 11.5 Å². The van der Waals surface area contributed by atoms with Gasteiger partial charge < -0.3 is 4.42 Å². The zero-order valence-electron chi connectivity index (χ0n) is 6.56. The molecule has 4 heteroatoms. The zero-order valence-corrected chi connectivity index (χ0v) is 7.37. The summed E-state index contributed by atoms with van der Waals surface area (Å²) in [5.41, 5.74) is 0.881. The number of hydrogen-bond donors (Lipinski definition) is 0. The van der Waals surface area contributed by atoms with Crippen molar-refractivity contribution in [1.29, 1.82) is 0 Å². The molecule has 0 unspecified atom stereocenters. The van der Waals surface area contributed by atoms with Crippen molar-refractivity contribution in [2.45, 2.75) is 19.1 Å². The van der Waals surface area contributed by atoms with Crippen molar-refractivity contribution in [3.05, 3.63) is 11.5 Å². The quantitative estimate of drug-likeness (QED) is 0.659. The fourth-order valence-electron chi connectivity index (χ4n) is 0.631. The zero-order chi connectivity index (χ0) is 8.27. The minimum Gasteiger partial charge on any atom is -0.437 e. The minimum atomic E-state index is -0.342. The highest BCUT2D eigenvalue weighted by Crippen LogP contribution is 2.19. The standard InChI is InChI=1S/C7H10FNOS/c1-5-6(2)10-7(9-5)11-4-3-8/h3-4H2,1-2H3. The molecule has 0 amide bonds. The van der Waals surface area contributed by atoms with Crippen LogP contribution in [0.1, 0.15) is 11.5 Å². The van der Waals surface area contributed by atoms with Crippen molar-refractivity contribution in [3.8, 4) is 0 Å². The maximum atomic E-state index is 11.7. The van der Waals surface area contributed by atoms with Gasteiger partial charge in [-0.05, 0) is 13.8 Å². The van der Waals surface area contributed by atoms with Crippen LogP contribution in [0.25, 0.3) is 0 Å². The van der Waals surface area contributed by atoms with Crippen LogP contribution in [-0.4, -0.2) is 17.4 Å². The molecule has 1 aromatic rings. The molecule has 1 heterocycles. The van der Waals surface area contributed by atoms with Crippen molar-refractivity contribution in [2.75, 3.05) is 12.4 Å². The van der Waals surface area contributed by atoms with E-state index in [9.17, 15) is 4.39 Å².